The Labute approximate surface area is 152 Å². The van der Waals surface area contributed by atoms with Gasteiger partial charge in [0, 0.05) is 6.07 Å². The molecule has 0 saturated heterocycles. The number of carbonyl (C=O) groups excluding carboxylic acids is 1. The molecule has 0 saturated carbocycles. The predicted molar refractivity (Wildman–Crippen MR) is 95.9 cm³/mol. The molecule has 0 radical (unpaired) electrons. The van der Waals surface area contributed by atoms with Gasteiger partial charge >= 0.3 is 0 Å². The Morgan fingerprint density at radius 3 is 2.35 bits per heavy atom. The summed E-state index contributed by atoms with van der Waals surface area (Å²) in [6.45, 7) is 0. The molecule has 0 spiro atoms. The standard InChI is InChI=1S/C17H12F2N2O3S2/c18-11-7-8-12(13(19)10-11)17(22)20-14-4-1-2-5-15(14)21-26(23,24)16-6-3-9-25-16/h1-10,21H,(H,20,22). The molecule has 0 unspecified atom stereocenters. The Morgan fingerprint density at radius 1 is 0.962 bits per heavy atom. The monoisotopic (exact) mass is 394 g/mol. The Kier molecular flexibility index (Phi) is 5.01. The molecule has 3 aromatic rings. The van der Waals surface area contributed by atoms with E-state index in [-0.39, 0.29) is 21.1 Å². The Balaban J connectivity index is 1.87. The largest absolute Gasteiger partial charge is 0.320 e. The van der Waals surface area contributed by atoms with Gasteiger partial charge in [-0.2, -0.15) is 0 Å². The molecule has 1 amide bonds. The average Bonchev–Trinajstić information content (AvgIpc) is 3.12. The molecule has 0 aliphatic carbocycles. The summed E-state index contributed by atoms with van der Waals surface area (Å²) in [7, 11) is -3.81. The quantitative estimate of drug-likeness (QED) is 0.685. The molecule has 2 aromatic carbocycles. The lowest BCUT2D eigenvalue weighted by atomic mass is 10.2. The fourth-order valence-electron chi connectivity index (χ4n) is 2.16. The molecule has 134 valence electrons. The zero-order valence-corrected chi connectivity index (χ0v) is 14.7. The van der Waals surface area contributed by atoms with Crippen molar-refractivity contribution in [3.8, 4) is 0 Å². The number of benzene rings is 2. The minimum Gasteiger partial charge on any atom is -0.320 e. The number of rotatable bonds is 5. The third-order valence-corrected chi connectivity index (χ3v) is 6.12. The van der Waals surface area contributed by atoms with Crippen LogP contribution in [0.15, 0.2) is 64.2 Å². The van der Waals surface area contributed by atoms with Crippen molar-refractivity contribution in [3.63, 3.8) is 0 Å². The van der Waals surface area contributed by atoms with Gasteiger partial charge in [-0.1, -0.05) is 18.2 Å². The van der Waals surface area contributed by atoms with Crippen molar-refractivity contribution in [3.05, 3.63) is 77.2 Å². The highest BCUT2D eigenvalue weighted by Gasteiger charge is 2.19. The summed E-state index contributed by atoms with van der Waals surface area (Å²) in [6, 6.07) is 11.7. The van der Waals surface area contributed by atoms with E-state index < -0.39 is 27.6 Å². The first-order valence-corrected chi connectivity index (χ1v) is 9.65. The van der Waals surface area contributed by atoms with E-state index in [4.69, 9.17) is 0 Å². The fraction of sp³-hybridized carbons (Fsp3) is 0. The second-order valence-corrected chi connectivity index (χ2v) is 8.02. The lowest BCUT2D eigenvalue weighted by Crippen LogP contribution is -2.17. The third kappa shape index (κ3) is 3.89. The number of sulfonamides is 1. The first-order valence-electron chi connectivity index (χ1n) is 7.28. The Bertz CT molecular complexity index is 1050. The molecule has 0 fully saturated rings. The second-order valence-electron chi connectivity index (χ2n) is 5.16. The molecule has 0 bridgehead atoms. The van der Waals surface area contributed by atoms with Gasteiger partial charge in [0.1, 0.15) is 15.8 Å². The van der Waals surface area contributed by atoms with E-state index in [0.717, 1.165) is 23.5 Å². The number of nitrogens with one attached hydrogen (secondary N) is 2. The minimum absolute atomic E-state index is 0.114. The van der Waals surface area contributed by atoms with Crippen LogP contribution in [0.1, 0.15) is 10.4 Å². The lowest BCUT2D eigenvalue weighted by molar-refractivity contribution is 0.102. The van der Waals surface area contributed by atoms with Gasteiger partial charge in [0.05, 0.1) is 16.9 Å². The molecule has 0 aliphatic rings. The van der Waals surface area contributed by atoms with Crippen LogP contribution in [-0.4, -0.2) is 14.3 Å². The van der Waals surface area contributed by atoms with E-state index in [0.29, 0.717) is 6.07 Å². The van der Waals surface area contributed by atoms with Crippen LogP contribution in [0.3, 0.4) is 0 Å². The van der Waals surface area contributed by atoms with E-state index in [1.165, 1.54) is 18.2 Å². The van der Waals surface area contributed by atoms with Crippen LogP contribution in [-0.2, 0) is 10.0 Å². The van der Waals surface area contributed by atoms with E-state index >= 15 is 0 Å². The zero-order valence-electron chi connectivity index (χ0n) is 13.1. The topological polar surface area (TPSA) is 75.3 Å². The Morgan fingerprint density at radius 2 is 1.69 bits per heavy atom. The van der Waals surface area contributed by atoms with Crippen LogP contribution in [0.25, 0.3) is 0 Å². The first kappa shape index (κ1) is 18.0. The van der Waals surface area contributed by atoms with E-state index in [9.17, 15) is 22.0 Å². The summed E-state index contributed by atoms with van der Waals surface area (Å²) >= 11 is 1.05. The number of hydrogen-bond donors (Lipinski definition) is 2. The lowest BCUT2D eigenvalue weighted by Gasteiger charge is -2.13. The molecule has 26 heavy (non-hydrogen) atoms. The number of amides is 1. The highest BCUT2D eigenvalue weighted by Crippen LogP contribution is 2.26. The number of carbonyl (C=O) groups is 1. The van der Waals surface area contributed by atoms with Crippen LogP contribution in [0, 0.1) is 11.6 Å². The van der Waals surface area contributed by atoms with Crippen molar-refractivity contribution in [2.45, 2.75) is 4.21 Å². The first-order chi connectivity index (χ1) is 12.4. The molecule has 2 N–H and O–H groups in total. The van der Waals surface area contributed by atoms with Crippen molar-refractivity contribution in [2.75, 3.05) is 10.0 Å². The summed E-state index contributed by atoms with van der Waals surface area (Å²) in [5, 5.41) is 4.05. The second kappa shape index (κ2) is 7.22. The minimum atomic E-state index is -3.81. The highest BCUT2D eigenvalue weighted by molar-refractivity contribution is 7.94. The summed E-state index contributed by atoms with van der Waals surface area (Å²) in [6.07, 6.45) is 0. The fourth-order valence-corrected chi connectivity index (χ4v) is 4.23. The van der Waals surface area contributed by atoms with Gasteiger partial charge in [-0.3, -0.25) is 9.52 Å². The molecule has 0 atom stereocenters. The highest BCUT2D eigenvalue weighted by atomic mass is 32.2. The maximum absolute atomic E-state index is 13.8. The maximum atomic E-state index is 13.8. The van der Waals surface area contributed by atoms with Gasteiger partial charge in [0.25, 0.3) is 15.9 Å². The average molecular weight is 394 g/mol. The molecule has 1 aromatic heterocycles. The van der Waals surface area contributed by atoms with Crippen molar-refractivity contribution >= 4 is 38.6 Å². The van der Waals surface area contributed by atoms with Gasteiger partial charge in [0.2, 0.25) is 0 Å². The number of para-hydroxylation sites is 2. The summed E-state index contributed by atoms with van der Waals surface area (Å²) < 4.78 is 53.9. The number of thiophene rings is 1. The number of anilines is 2. The molecule has 1 heterocycles. The van der Waals surface area contributed by atoms with E-state index in [1.54, 1.807) is 23.6 Å². The number of halogens is 2. The summed E-state index contributed by atoms with van der Waals surface area (Å²) in [4.78, 5) is 12.2. The van der Waals surface area contributed by atoms with Gasteiger partial charge in [0.15, 0.2) is 0 Å². The van der Waals surface area contributed by atoms with Crippen molar-refractivity contribution in [1.82, 2.24) is 0 Å². The van der Waals surface area contributed by atoms with E-state index in [2.05, 4.69) is 10.0 Å². The molecular weight excluding hydrogens is 382 g/mol. The van der Waals surface area contributed by atoms with Crippen LogP contribution in [0.5, 0.6) is 0 Å². The molecule has 5 nitrogen and oxygen atoms in total. The van der Waals surface area contributed by atoms with Crippen LogP contribution in [0.2, 0.25) is 0 Å². The van der Waals surface area contributed by atoms with E-state index in [1.807, 2.05) is 0 Å². The molecule has 3 rings (SSSR count). The van der Waals surface area contributed by atoms with Gasteiger partial charge < -0.3 is 5.32 Å². The van der Waals surface area contributed by atoms with Crippen LogP contribution in [0.4, 0.5) is 20.2 Å². The number of hydrogen-bond acceptors (Lipinski definition) is 4. The third-order valence-electron chi connectivity index (χ3n) is 3.36. The Hall–Kier alpha value is -2.78. The van der Waals surface area contributed by atoms with Crippen molar-refractivity contribution < 1.29 is 22.0 Å². The van der Waals surface area contributed by atoms with Crippen molar-refractivity contribution in [1.29, 1.82) is 0 Å². The summed E-state index contributed by atoms with van der Waals surface area (Å²) in [5.41, 5.74) is -0.0968. The van der Waals surface area contributed by atoms with Crippen molar-refractivity contribution in [2.24, 2.45) is 0 Å². The summed E-state index contributed by atoms with van der Waals surface area (Å²) in [5.74, 6) is -2.65. The van der Waals surface area contributed by atoms with Gasteiger partial charge in [-0.15, -0.1) is 11.3 Å². The van der Waals surface area contributed by atoms with Crippen LogP contribution < -0.4 is 10.0 Å². The molecule has 0 aliphatic heterocycles. The smallest absolute Gasteiger partial charge is 0.271 e. The normalized spacial score (nSPS) is 11.2. The van der Waals surface area contributed by atoms with Crippen LogP contribution >= 0.6 is 11.3 Å². The molecule has 9 heteroatoms. The predicted octanol–water partition coefficient (Wildman–Crippen LogP) is 4.08. The maximum Gasteiger partial charge on any atom is 0.271 e. The van der Waals surface area contributed by atoms with Gasteiger partial charge in [-0.25, -0.2) is 17.2 Å². The SMILES string of the molecule is O=C(Nc1ccccc1NS(=O)(=O)c1cccs1)c1ccc(F)cc1F. The molecular formula is C17H12F2N2O3S2. The zero-order chi connectivity index (χ0) is 18.7. The van der Waals surface area contributed by atoms with Gasteiger partial charge in [-0.05, 0) is 35.7 Å².